The summed E-state index contributed by atoms with van der Waals surface area (Å²) in [6, 6.07) is 39.0. The zero-order chi connectivity index (χ0) is 21.2. The second kappa shape index (κ2) is 8.55. The van der Waals surface area contributed by atoms with Crippen LogP contribution in [0, 0.1) is 4.32 Å². The van der Waals surface area contributed by atoms with Gasteiger partial charge in [0.2, 0.25) is 0 Å². The van der Waals surface area contributed by atoms with Crippen LogP contribution < -0.4 is 0 Å². The molecule has 152 valence electrons. The van der Waals surface area contributed by atoms with E-state index in [4.69, 9.17) is 0 Å². The molecule has 1 heterocycles. The Morgan fingerprint density at radius 3 is 1.77 bits per heavy atom. The first-order valence-electron chi connectivity index (χ1n) is 10.7. The summed E-state index contributed by atoms with van der Waals surface area (Å²) in [6.07, 6.45) is 0.989. The summed E-state index contributed by atoms with van der Waals surface area (Å²) < 4.78 is 5.90. The van der Waals surface area contributed by atoms with Gasteiger partial charge in [-0.3, -0.25) is 0 Å². The molecule has 0 spiro atoms. The van der Waals surface area contributed by atoms with E-state index in [0.717, 1.165) is 10.7 Å². The molecular weight excluding hydrogens is 443 g/mol. The van der Waals surface area contributed by atoms with Crippen molar-refractivity contribution in [3.05, 3.63) is 130 Å². The Morgan fingerprint density at radius 1 is 0.645 bits per heavy atom. The van der Waals surface area contributed by atoms with Crippen molar-refractivity contribution in [2.24, 2.45) is 0 Å². The Kier molecular flexibility index (Phi) is 5.46. The summed E-state index contributed by atoms with van der Waals surface area (Å²) in [5, 5.41) is 0. The van der Waals surface area contributed by atoms with Crippen molar-refractivity contribution in [3.8, 4) is 5.69 Å². The number of aromatic nitrogens is 2. The van der Waals surface area contributed by atoms with E-state index in [9.17, 15) is 0 Å². The minimum absolute atomic E-state index is 0.0681. The molecule has 0 atom stereocenters. The first kappa shape index (κ1) is 19.8. The number of para-hydroxylation sites is 3. The van der Waals surface area contributed by atoms with Crippen LogP contribution in [-0.4, -0.2) is 24.7 Å². The SMILES string of the molecule is CCc1ccccc1-n1c(=[Se])n(C(c2ccccc2)c2ccccc2)c2ccccc21. The van der Waals surface area contributed by atoms with Crippen molar-refractivity contribution in [3.63, 3.8) is 0 Å². The molecule has 4 aromatic carbocycles. The third kappa shape index (κ3) is 3.50. The van der Waals surface area contributed by atoms with Gasteiger partial charge in [-0.25, -0.2) is 0 Å². The van der Waals surface area contributed by atoms with Crippen molar-refractivity contribution < 1.29 is 0 Å². The van der Waals surface area contributed by atoms with Gasteiger partial charge in [-0.2, -0.15) is 0 Å². The average molecular weight is 467 g/mol. The molecule has 0 aliphatic carbocycles. The van der Waals surface area contributed by atoms with Crippen molar-refractivity contribution in [1.29, 1.82) is 0 Å². The number of benzene rings is 4. The maximum absolute atomic E-state index is 3.42. The average Bonchev–Trinajstić information content (AvgIpc) is 3.12. The number of nitrogens with zero attached hydrogens (tertiary/aromatic N) is 2. The van der Waals surface area contributed by atoms with Gasteiger partial charge in [0.05, 0.1) is 0 Å². The zero-order valence-corrected chi connectivity index (χ0v) is 19.2. The van der Waals surface area contributed by atoms with Crippen LogP contribution in [0.5, 0.6) is 0 Å². The molecule has 0 saturated heterocycles. The summed E-state index contributed by atoms with van der Waals surface area (Å²) >= 11 is 3.42. The van der Waals surface area contributed by atoms with E-state index in [-0.39, 0.29) is 6.04 Å². The van der Waals surface area contributed by atoms with Crippen LogP contribution in [0.3, 0.4) is 0 Å². The third-order valence-corrected chi connectivity index (χ3v) is 6.68. The van der Waals surface area contributed by atoms with Crippen molar-refractivity contribution in [2.45, 2.75) is 19.4 Å². The predicted molar refractivity (Wildman–Crippen MR) is 130 cm³/mol. The van der Waals surface area contributed by atoms with Gasteiger partial charge in [-0.1, -0.05) is 0 Å². The van der Waals surface area contributed by atoms with E-state index in [1.165, 1.54) is 33.4 Å². The topological polar surface area (TPSA) is 9.86 Å². The number of aryl methyl sites for hydroxylation is 1. The maximum atomic E-state index is 3.42. The standard InChI is InChI=1S/C28H24N2Se/c1-2-21-13-9-10-18-24(21)29-25-19-11-12-20-26(25)30(28(29)31)27(22-14-5-3-6-15-22)23-16-7-4-8-17-23/h3-20,27H,2H2,1H3. The predicted octanol–water partition coefficient (Wildman–Crippen LogP) is 6.33. The molecule has 3 heteroatoms. The Labute approximate surface area is 190 Å². The number of fused-ring (bicyclic) bond motifs is 1. The molecule has 0 unspecified atom stereocenters. The van der Waals surface area contributed by atoms with Gasteiger partial charge in [0.25, 0.3) is 0 Å². The van der Waals surface area contributed by atoms with Gasteiger partial charge in [0.15, 0.2) is 0 Å². The Morgan fingerprint density at radius 2 is 1.16 bits per heavy atom. The van der Waals surface area contributed by atoms with Crippen molar-refractivity contribution >= 4 is 26.6 Å². The fourth-order valence-electron chi connectivity index (χ4n) is 4.44. The molecular formula is C28H24N2Se. The van der Waals surface area contributed by atoms with Gasteiger partial charge in [-0.15, -0.1) is 0 Å². The normalized spacial score (nSPS) is 11.3. The second-order valence-electron chi connectivity index (χ2n) is 7.68. The van der Waals surface area contributed by atoms with E-state index in [1.54, 1.807) is 0 Å². The molecule has 5 aromatic rings. The molecule has 5 rings (SSSR count). The number of imidazole rings is 1. The van der Waals surface area contributed by atoms with Gasteiger partial charge < -0.3 is 0 Å². The fourth-order valence-corrected chi connectivity index (χ4v) is 5.28. The molecule has 2 nitrogen and oxygen atoms in total. The third-order valence-electron chi connectivity index (χ3n) is 5.88. The summed E-state index contributed by atoms with van der Waals surface area (Å²) in [4.78, 5) is 0. The summed E-state index contributed by atoms with van der Waals surface area (Å²) in [5.41, 5.74) is 7.51. The van der Waals surface area contributed by atoms with Crippen LogP contribution in [0.25, 0.3) is 16.7 Å². The molecule has 0 fully saturated rings. The molecule has 0 aliphatic heterocycles. The Bertz CT molecular complexity index is 1340. The fraction of sp³-hybridized carbons (Fsp3) is 0.107. The van der Waals surface area contributed by atoms with E-state index in [0.29, 0.717) is 0 Å². The molecule has 0 amide bonds. The molecule has 0 aliphatic rings. The Balaban J connectivity index is 1.87. The number of hydrogen-bond acceptors (Lipinski definition) is 0. The van der Waals surface area contributed by atoms with E-state index in [1.807, 2.05) is 0 Å². The minimum atomic E-state index is 0.0681. The zero-order valence-electron chi connectivity index (χ0n) is 17.5. The summed E-state index contributed by atoms with van der Waals surface area (Å²) in [5.74, 6) is 0. The van der Waals surface area contributed by atoms with E-state index in [2.05, 4.69) is 141 Å². The van der Waals surface area contributed by atoms with Crippen LogP contribution >= 0.6 is 0 Å². The molecule has 0 N–H and O–H groups in total. The quantitative estimate of drug-likeness (QED) is 0.267. The van der Waals surface area contributed by atoms with Crippen molar-refractivity contribution in [1.82, 2.24) is 9.13 Å². The van der Waals surface area contributed by atoms with Gasteiger partial charge in [0, 0.05) is 0 Å². The molecule has 31 heavy (non-hydrogen) atoms. The molecule has 0 saturated carbocycles. The van der Waals surface area contributed by atoms with Crippen LogP contribution in [0.15, 0.2) is 109 Å². The van der Waals surface area contributed by atoms with Gasteiger partial charge >= 0.3 is 191 Å². The van der Waals surface area contributed by atoms with E-state index >= 15 is 0 Å². The van der Waals surface area contributed by atoms with Crippen LogP contribution in [-0.2, 0) is 6.42 Å². The number of hydrogen-bond donors (Lipinski definition) is 0. The summed E-state index contributed by atoms with van der Waals surface area (Å²) in [7, 11) is 0. The molecule has 0 bridgehead atoms. The molecule has 1 aromatic heterocycles. The van der Waals surface area contributed by atoms with Crippen LogP contribution in [0.4, 0.5) is 0 Å². The molecule has 0 radical (unpaired) electrons. The van der Waals surface area contributed by atoms with E-state index < -0.39 is 0 Å². The first-order valence-corrected chi connectivity index (χ1v) is 11.6. The van der Waals surface area contributed by atoms with Crippen molar-refractivity contribution in [2.75, 3.05) is 0 Å². The first-order chi connectivity index (χ1) is 15.3. The Hall–Kier alpha value is -3.13. The monoisotopic (exact) mass is 468 g/mol. The summed E-state index contributed by atoms with van der Waals surface area (Å²) in [6.45, 7) is 2.22. The second-order valence-corrected chi connectivity index (χ2v) is 8.45. The van der Waals surface area contributed by atoms with Gasteiger partial charge in [0.1, 0.15) is 0 Å². The van der Waals surface area contributed by atoms with Crippen LogP contribution in [0.1, 0.15) is 29.7 Å². The van der Waals surface area contributed by atoms with Crippen LogP contribution in [0.2, 0.25) is 0 Å². The van der Waals surface area contributed by atoms with Gasteiger partial charge in [-0.05, 0) is 0 Å². The number of rotatable bonds is 5.